The Balaban J connectivity index is 1.44. The number of methoxy groups -OCH3 is 1. The van der Waals surface area contributed by atoms with Gasteiger partial charge >= 0.3 is 6.09 Å². The molecule has 3 N–H and O–H groups in total. The van der Waals surface area contributed by atoms with Gasteiger partial charge in [0.05, 0.1) is 36.8 Å². The highest BCUT2D eigenvalue weighted by Crippen LogP contribution is 2.28. The number of aliphatic hydroxyl groups is 1. The van der Waals surface area contributed by atoms with E-state index in [-0.39, 0.29) is 12.5 Å². The highest BCUT2D eigenvalue weighted by atomic mass is 35.5. The molecule has 2 aromatic heterocycles. The van der Waals surface area contributed by atoms with Gasteiger partial charge in [-0.05, 0) is 70.4 Å². The fourth-order valence-electron chi connectivity index (χ4n) is 4.47. The molecule has 0 aliphatic heterocycles. The van der Waals surface area contributed by atoms with Crippen LogP contribution in [0.5, 0.6) is 0 Å². The van der Waals surface area contributed by atoms with Crippen molar-refractivity contribution in [3.05, 3.63) is 119 Å². The number of carbonyl (C=O) groups excluding carboxylic acids is 2. The van der Waals surface area contributed by atoms with Crippen LogP contribution in [0.2, 0.25) is 5.02 Å². The van der Waals surface area contributed by atoms with E-state index in [1.165, 1.54) is 24.2 Å². The molecule has 0 bridgehead atoms. The maximum Gasteiger partial charge on any atom is 0.411 e. The molecule has 0 aliphatic carbocycles. The quantitative estimate of drug-likeness (QED) is 0.193. The Morgan fingerprint density at radius 3 is 2.55 bits per heavy atom. The van der Waals surface area contributed by atoms with Crippen molar-refractivity contribution in [3.63, 3.8) is 0 Å². The fourth-order valence-corrected chi connectivity index (χ4v) is 4.66. The van der Waals surface area contributed by atoms with Crippen LogP contribution in [0.4, 0.5) is 10.5 Å². The van der Waals surface area contributed by atoms with Crippen LogP contribution in [-0.4, -0.2) is 54.6 Å². The second kappa shape index (κ2) is 14.1. The normalized spacial score (nSPS) is 11.7. The number of carbonyl (C=O) groups is 2. The second-order valence-corrected chi connectivity index (χ2v) is 9.96. The van der Waals surface area contributed by atoms with Gasteiger partial charge in [0.25, 0.3) is 0 Å². The molecule has 0 radical (unpaired) electrons. The first kappa shape index (κ1) is 30.0. The van der Waals surface area contributed by atoms with Crippen LogP contribution >= 0.6 is 11.6 Å². The van der Waals surface area contributed by atoms with Crippen LogP contribution in [0.1, 0.15) is 28.6 Å². The van der Waals surface area contributed by atoms with E-state index in [4.69, 9.17) is 11.6 Å². The summed E-state index contributed by atoms with van der Waals surface area (Å²) in [7, 11) is 1.28. The van der Waals surface area contributed by atoms with Gasteiger partial charge in [-0.15, -0.1) is 5.10 Å². The summed E-state index contributed by atoms with van der Waals surface area (Å²) in [6, 6.07) is 23.1. The number of ether oxygens (including phenoxy) is 1. The smallest absolute Gasteiger partial charge is 0.411 e. The number of hydrogen-bond donors (Lipinski definition) is 3. The van der Waals surface area contributed by atoms with Gasteiger partial charge in [-0.25, -0.2) is 4.79 Å². The predicted octanol–water partition coefficient (Wildman–Crippen LogP) is 4.56. The van der Waals surface area contributed by atoms with Crippen molar-refractivity contribution in [3.8, 4) is 16.8 Å². The lowest BCUT2D eigenvalue weighted by Crippen LogP contribution is -2.29. The summed E-state index contributed by atoms with van der Waals surface area (Å²) < 4.78 is 6.12. The Morgan fingerprint density at radius 1 is 1.05 bits per heavy atom. The second-order valence-electron chi connectivity index (χ2n) is 9.52. The molecule has 0 spiro atoms. The maximum atomic E-state index is 13.3. The molecule has 13 heteroatoms. The number of halogens is 1. The monoisotopic (exact) mass is 610 g/mol. The summed E-state index contributed by atoms with van der Waals surface area (Å²) in [5.74, 6) is -0.374. The first-order valence-electron chi connectivity index (χ1n) is 13.4. The molecular formula is C31H27ClN8O4. The summed E-state index contributed by atoms with van der Waals surface area (Å²) in [6.07, 6.45) is 4.33. The number of amides is 2. The average Bonchev–Trinajstić information content (AvgIpc) is 3.59. The fraction of sp³-hybridized carbons (Fsp3) is 0.129. The highest BCUT2D eigenvalue weighted by molar-refractivity contribution is 6.30. The van der Waals surface area contributed by atoms with Crippen molar-refractivity contribution < 1.29 is 19.4 Å². The Labute approximate surface area is 257 Å². The summed E-state index contributed by atoms with van der Waals surface area (Å²) in [5.41, 5.74) is 5.03. The lowest BCUT2D eigenvalue weighted by atomic mass is 9.98. The molecule has 222 valence electrons. The summed E-state index contributed by atoms with van der Waals surface area (Å²) in [5, 5.41) is 36.1. The van der Waals surface area contributed by atoms with Crippen LogP contribution in [0, 0.1) is 0 Å². The highest BCUT2D eigenvalue weighted by Gasteiger charge is 2.20. The lowest BCUT2D eigenvalue weighted by molar-refractivity contribution is -0.117. The average molecular weight is 611 g/mol. The van der Waals surface area contributed by atoms with Gasteiger partial charge in [-0.3, -0.25) is 10.1 Å². The summed E-state index contributed by atoms with van der Waals surface area (Å²) >= 11 is 6.22. The molecule has 44 heavy (non-hydrogen) atoms. The Morgan fingerprint density at radius 2 is 1.84 bits per heavy atom. The SMILES string of the molecule is COC(=O)Nc1ccc(-c2cc([C@H](Cc3ccccc3)NC(=O)C=Cc3cc(Cl)ccc3-n3cnnn3)nnc2CO)cc1. The van der Waals surface area contributed by atoms with Gasteiger partial charge in [0.2, 0.25) is 5.91 Å². The minimum absolute atomic E-state index is 0.341. The molecule has 0 saturated carbocycles. The molecule has 5 rings (SSSR count). The van der Waals surface area contributed by atoms with E-state index in [9.17, 15) is 14.7 Å². The van der Waals surface area contributed by atoms with E-state index in [2.05, 4.69) is 41.1 Å². The molecule has 3 aromatic carbocycles. The van der Waals surface area contributed by atoms with Gasteiger partial charge in [-0.1, -0.05) is 54.1 Å². The Kier molecular flexibility index (Phi) is 9.64. The zero-order chi connectivity index (χ0) is 30.9. The number of nitrogens with one attached hydrogen (secondary N) is 2. The van der Waals surface area contributed by atoms with E-state index in [1.54, 1.807) is 54.6 Å². The van der Waals surface area contributed by atoms with Gasteiger partial charge in [0, 0.05) is 27.9 Å². The van der Waals surface area contributed by atoms with Crippen LogP contribution in [0.15, 0.2) is 91.3 Å². The van der Waals surface area contributed by atoms with Gasteiger partial charge in [0.1, 0.15) is 6.33 Å². The first-order valence-corrected chi connectivity index (χ1v) is 13.8. The molecule has 1 atom stereocenters. The lowest BCUT2D eigenvalue weighted by Gasteiger charge is -2.19. The third-order valence-corrected chi connectivity index (χ3v) is 6.86. The van der Waals surface area contributed by atoms with E-state index >= 15 is 0 Å². The van der Waals surface area contributed by atoms with E-state index in [1.807, 2.05) is 30.3 Å². The van der Waals surface area contributed by atoms with Crippen molar-refractivity contribution >= 4 is 35.4 Å². The molecule has 0 saturated heterocycles. The topological polar surface area (TPSA) is 157 Å². The molecule has 5 aromatic rings. The minimum Gasteiger partial charge on any atom is -0.453 e. The molecule has 0 unspecified atom stereocenters. The number of tetrazole rings is 1. The number of aromatic nitrogens is 6. The van der Waals surface area contributed by atoms with Gasteiger partial charge in [0.15, 0.2) is 0 Å². The number of aliphatic hydroxyl groups excluding tert-OH is 1. The number of benzene rings is 3. The van der Waals surface area contributed by atoms with Crippen molar-refractivity contribution in [1.82, 2.24) is 35.7 Å². The zero-order valence-electron chi connectivity index (χ0n) is 23.5. The predicted molar refractivity (Wildman–Crippen MR) is 164 cm³/mol. The van der Waals surface area contributed by atoms with Gasteiger partial charge in [-0.2, -0.15) is 14.9 Å². The van der Waals surface area contributed by atoms with Gasteiger partial charge < -0.3 is 15.2 Å². The number of nitrogens with zero attached hydrogens (tertiary/aromatic N) is 6. The zero-order valence-corrected chi connectivity index (χ0v) is 24.2. The van der Waals surface area contributed by atoms with E-state index < -0.39 is 12.1 Å². The molecule has 12 nitrogen and oxygen atoms in total. The van der Waals surface area contributed by atoms with E-state index in [0.717, 1.165) is 11.1 Å². The molecule has 0 fully saturated rings. The van der Waals surface area contributed by atoms with Crippen molar-refractivity contribution in [2.75, 3.05) is 12.4 Å². The summed E-state index contributed by atoms with van der Waals surface area (Å²) in [6.45, 7) is -0.341. The standard InChI is InChI=1S/C31H27ClN8O4/c1-44-31(43)34-24-11-7-21(8-12-24)25-17-27(36-37-28(25)18-41)26(15-20-5-3-2-4-6-20)35-30(42)14-9-22-16-23(32)10-13-29(22)40-19-33-38-39-40/h2-14,16-17,19,26,41H,15,18H2,1H3,(H,34,43)(H,35,42)/t26-/m0/s1. The molecular weight excluding hydrogens is 584 g/mol. The Bertz CT molecular complexity index is 1760. The summed E-state index contributed by atoms with van der Waals surface area (Å²) in [4.78, 5) is 24.9. The third kappa shape index (κ3) is 7.48. The number of hydrogen-bond acceptors (Lipinski definition) is 9. The minimum atomic E-state index is -0.586. The number of rotatable bonds is 10. The van der Waals surface area contributed by atoms with Crippen molar-refractivity contribution in [2.24, 2.45) is 0 Å². The van der Waals surface area contributed by atoms with Crippen molar-refractivity contribution in [1.29, 1.82) is 0 Å². The van der Waals surface area contributed by atoms with Crippen LogP contribution in [0.25, 0.3) is 22.9 Å². The molecule has 2 amide bonds. The first-order chi connectivity index (χ1) is 21.4. The number of anilines is 1. The largest absolute Gasteiger partial charge is 0.453 e. The maximum absolute atomic E-state index is 13.3. The van der Waals surface area contributed by atoms with Crippen LogP contribution < -0.4 is 10.6 Å². The van der Waals surface area contributed by atoms with Crippen LogP contribution in [-0.2, 0) is 22.6 Å². The molecule has 2 heterocycles. The molecule has 0 aliphatic rings. The van der Waals surface area contributed by atoms with Crippen molar-refractivity contribution in [2.45, 2.75) is 19.1 Å². The van der Waals surface area contributed by atoms with E-state index in [0.29, 0.717) is 45.3 Å². The van der Waals surface area contributed by atoms with Crippen LogP contribution in [0.3, 0.4) is 0 Å². The third-order valence-electron chi connectivity index (χ3n) is 6.62. The Hall–Kier alpha value is -5.46.